The smallest absolute Gasteiger partial charge is 0.322 e. The van der Waals surface area contributed by atoms with Gasteiger partial charge in [0.05, 0.1) is 22.1 Å². The molecule has 0 fully saturated rings. The third-order valence-electron chi connectivity index (χ3n) is 7.09. The summed E-state index contributed by atoms with van der Waals surface area (Å²) in [6.07, 6.45) is 0.788. The van der Waals surface area contributed by atoms with Crippen LogP contribution in [0.25, 0.3) is 33.3 Å². The maximum atomic E-state index is 14.0. The molecule has 0 spiro atoms. The van der Waals surface area contributed by atoms with Crippen LogP contribution in [0.1, 0.15) is 16.7 Å². The van der Waals surface area contributed by atoms with Crippen LogP contribution < -0.4 is 5.32 Å². The van der Waals surface area contributed by atoms with E-state index in [1.54, 1.807) is 48.5 Å². The standard InChI is InChI=1S/C34H28F3N5O3S/c1-22-9-11-29(12-10-22)46(44,45)42-21-31(24-7-4-6-23(14-24)19-38)30-17-26(20-39-33(30)42)25-15-27(34(35,36)37)18-28(16-25)40-32(43)8-5-13-41(2)3/h4-12,14-18,20-21H,13H2,1-3H3,(H,40,43)/b8-5+. The maximum Gasteiger partial charge on any atom is 0.416 e. The van der Waals surface area contributed by atoms with Crippen molar-refractivity contribution in [2.45, 2.75) is 18.0 Å². The fourth-order valence-corrected chi connectivity index (χ4v) is 6.14. The molecule has 0 aliphatic carbocycles. The van der Waals surface area contributed by atoms with Crippen molar-refractivity contribution in [2.24, 2.45) is 0 Å². The number of aryl methyl sites for hydroxylation is 1. The second kappa shape index (κ2) is 12.6. The Morgan fingerprint density at radius 3 is 2.43 bits per heavy atom. The predicted octanol–water partition coefficient (Wildman–Crippen LogP) is 6.86. The Morgan fingerprint density at radius 2 is 1.76 bits per heavy atom. The lowest BCUT2D eigenvalue weighted by Gasteiger charge is -2.13. The van der Waals surface area contributed by atoms with E-state index in [1.165, 1.54) is 36.7 Å². The van der Waals surface area contributed by atoms with Gasteiger partial charge in [0.2, 0.25) is 5.91 Å². The molecule has 3 aromatic carbocycles. The number of hydrogen-bond donors (Lipinski definition) is 1. The number of alkyl halides is 3. The summed E-state index contributed by atoms with van der Waals surface area (Å²) in [6, 6.07) is 19.6. The molecule has 46 heavy (non-hydrogen) atoms. The van der Waals surface area contributed by atoms with Crippen LogP contribution in [0, 0.1) is 18.3 Å². The first-order chi connectivity index (χ1) is 21.8. The number of halogens is 3. The SMILES string of the molecule is Cc1ccc(S(=O)(=O)n2cc(-c3cccc(C#N)c3)c3cc(-c4cc(NC(=O)/C=C/CN(C)C)cc(C(F)(F)F)c4)cnc32)cc1. The normalized spacial score (nSPS) is 12.1. The van der Waals surface area contributed by atoms with E-state index < -0.39 is 27.7 Å². The summed E-state index contributed by atoms with van der Waals surface area (Å²) in [5.74, 6) is -0.598. The number of likely N-dealkylation sites (N-methyl/N-ethyl adjacent to an activating group) is 1. The van der Waals surface area contributed by atoms with Crippen LogP contribution in [-0.2, 0) is 21.0 Å². The third-order valence-corrected chi connectivity index (χ3v) is 8.76. The van der Waals surface area contributed by atoms with Crippen LogP contribution in [0.2, 0.25) is 0 Å². The summed E-state index contributed by atoms with van der Waals surface area (Å²) in [7, 11) is -0.520. The van der Waals surface area contributed by atoms with Gasteiger partial charge >= 0.3 is 6.18 Å². The number of pyridine rings is 1. The molecule has 5 aromatic rings. The molecule has 0 aliphatic heterocycles. The van der Waals surface area contributed by atoms with Crippen LogP contribution in [0.4, 0.5) is 18.9 Å². The van der Waals surface area contributed by atoms with E-state index in [9.17, 15) is 31.6 Å². The fraction of sp³-hybridized carbons (Fsp3) is 0.147. The van der Waals surface area contributed by atoms with Gasteiger partial charge in [-0.15, -0.1) is 0 Å². The lowest BCUT2D eigenvalue weighted by molar-refractivity contribution is -0.137. The molecule has 0 atom stereocenters. The van der Waals surface area contributed by atoms with Crippen molar-refractivity contribution < 1.29 is 26.4 Å². The fourth-order valence-electron chi connectivity index (χ4n) is 4.82. The minimum atomic E-state index is -4.72. The van der Waals surface area contributed by atoms with E-state index in [-0.39, 0.29) is 27.4 Å². The van der Waals surface area contributed by atoms with Crippen LogP contribution in [0.3, 0.4) is 0 Å². The highest BCUT2D eigenvalue weighted by molar-refractivity contribution is 7.90. The number of amides is 1. The number of nitriles is 1. The Hall–Kier alpha value is -5.25. The summed E-state index contributed by atoms with van der Waals surface area (Å²) in [5.41, 5.74) is 1.46. The number of hydrogen-bond acceptors (Lipinski definition) is 6. The molecule has 0 saturated carbocycles. The minimum absolute atomic E-state index is 0.0242. The summed E-state index contributed by atoms with van der Waals surface area (Å²) in [5, 5.41) is 12.3. The number of rotatable bonds is 8. The van der Waals surface area contributed by atoms with Gasteiger partial charge in [0.1, 0.15) is 0 Å². The highest BCUT2D eigenvalue weighted by Crippen LogP contribution is 2.38. The van der Waals surface area contributed by atoms with Crippen LogP contribution in [0.15, 0.2) is 102 Å². The van der Waals surface area contributed by atoms with E-state index in [0.717, 1.165) is 21.7 Å². The molecule has 0 bridgehead atoms. The largest absolute Gasteiger partial charge is 0.416 e. The molecule has 1 N–H and O–H groups in total. The molecular formula is C34H28F3N5O3S. The van der Waals surface area contributed by atoms with Crippen LogP contribution in [0.5, 0.6) is 0 Å². The molecule has 2 aromatic heterocycles. The van der Waals surface area contributed by atoms with Gasteiger partial charge in [-0.3, -0.25) is 4.79 Å². The molecular weight excluding hydrogens is 615 g/mol. The number of benzene rings is 3. The topological polar surface area (TPSA) is 108 Å². The Bertz CT molecular complexity index is 2130. The van der Waals surface area contributed by atoms with Gasteiger partial charge in [-0.2, -0.15) is 18.4 Å². The second-order valence-corrected chi connectivity index (χ2v) is 12.7. The number of carbonyl (C=O) groups excluding carboxylic acids is 1. The lowest BCUT2D eigenvalue weighted by atomic mass is 9.99. The number of carbonyl (C=O) groups is 1. The Balaban J connectivity index is 1.68. The van der Waals surface area contributed by atoms with E-state index >= 15 is 0 Å². The van der Waals surface area contributed by atoms with Crippen molar-refractivity contribution >= 4 is 32.7 Å². The number of aromatic nitrogens is 2. The lowest BCUT2D eigenvalue weighted by Crippen LogP contribution is -2.13. The van der Waals surface area contributed by atoms with Crippen LogP contribution in [-0.4, -0.2) is 48.8 Å². The number of fused-ring (bicyclic) bond motifs is 1. The first kappa shape index (κ1) is 32.2. The summed E-state index contributed by atoms with van der Waals surface area (Å²) < 4.78 is 70.6. The van der Waals surface area contributed by atoms with Gasteiger partial charge in [-0.25, -0.2) is 17.4 Å². The predicted molar refractivity (Wildman–Crippen MR) is 170 cm³/mol. The maximum absolute atomic E-state index is 14.0. The highest BCUT2D eigenvalue weighted by atomic mass is 32.2. The summed E-state index contributed by atoms with van der Waals surface area (Å²) >= 11 is 0. The second-order valence-electron chi connectivity index (χ2n) is 10.9. The van der Waals surface area contributed by atoms with Crippen molar-refractivity contribution in [1.29, 1.82) is 5.26 Å². The summed E-state index contributed by atoms with van der Waals surface area (Å²) in [6.45, 7) is 2.29. The molecule has 0 aliphatic rings. The van der Waals surface area contributed by atoms with Gasteiger partial charge < -0.3 is 10.2 Å². The van der Waals surface area contributed by atoms with Crippen LogP contribution >= 0.6 is 0 Å². The number of nitrogens with one attached hydrogen (secondary N) is 1. The zero-order chi connectivity index (χ0) is 33.2. The van der Waals surface area contributed by atoms with Crippen molar-refractivity contribution in [3.8, 4) is 28.3 Å². The zero-order valence-electron chi connectivity index (χ0n) is 25.0. The van der Waals surface area contributed by atoms with E-state index in [4.69, 9.17) is 0 Å². The quantitative estimate of drug-likeness (QED) is 0.185. The average molecular weight is 644 g/mol. The van der Waals surface area contributed by atoms with Crippen molar-refractivity contribution in [3.05, 3.63) is 114 Å². The Kier molecular flexibility index (Phi) is 8.83. The van der Waals surface area contributed by atoms with Crippen molar-refractivity contribution in [2.75, 3.05) is 26.0 Å². The number of nitrogens with zero attached hydrogens (tertiary/aromatic N) is 4. The average Bonchev–Trinajstić information content (AvgIpc) is 3.40. The van der Waals surface area contributed by atoms with E-state index in [1.807, 2.05) is 25.9 Å². The molecule has 2 heterocycles. The first-order valence-electron chi connectivity index (χ1n) is 13.9. The molecule has 5 rings (SSSR count). The minimum Gasteiger partial charge on any atom is -0.322 e. The highest BCUT2D eigenvalue weighted by Gasteiger charge is 2.32. The first-order valence-corrected chi connectivity index (χ1v) is 15.4. The molecule has 0 saturated heterocycles. The molecule has 0 unspecified atom stereocenters. The zero-order valence-corrected chi connectivity index (χ0v) is 25.8. The Labute approximate surface area is 264 Å². The van der Waals surface area contributed by atoms with E-state index in [2.05, 4.69) is 16.4 Å². The Morgan fingerprint density at radius 1 is 1.02 bits per heavy atom. The molecule has 0 radical (unpaired) electrons. The van der Waals surface area contributed by atoms with E-state index in [0.29, 0.717) is 28.6 Å². The summed E-state index contributed by atoms with van der Waals surface area (Å²) in [4.78, 5) is 18.7. The third kappa shape index (κ3) is 6.86. The van der Waals surface area contributed by atoms with Gasteiger partial charge in [0, 0.05) is 47.2 Å². The van der Waals surface area contributed by atoms with Crippen molar-refractivity contribution in [1.82, 2.24) is 13.9 Å². The molecule has 12 heteroatoms. The monoisotopic (exact) mass is 643 g/mol. The van der Waals surface area contributed by atoms with Gasteiger partial charge in [-0.1, -0.05) is 35.9 Å². The molecule has 234 valence electrons. The van der Waals surface area contributed by atoms with Gasteiger partial charge in [0.15, 0.2) is 5.65 Å². The molecule has 8 nitrogen and oxygen atoms in total. The van der Waals surface area contributed by atoms with Crippen molar-refractivity contribution in [3.63, 3.8) is 0 Å². The van der Waals surface area contributed by atoms with Gasteiger partial charge in [0.25, 0.3) is 10.0 Å². The number of anilines is 1. The molecule has 1 amide bonds. The van der Waals surface area contributed by atoms with Gasteiger partial charge in [-0.05, 0) is 80.7 Å².